The predicted octanol–water partition coefficient (Wildman–Crippen LogP) is 7.45. The van der Waals surface area contributed by atoms with Crippen molar-refractivity contribution >= 4 is 23.6 Å². The number of carbonyl (C=O) groups excluding carboxylic acids is 4. The van der Waals surface area contributed by atoms with Gasteiger partial charge in [-0.2, -0.15) is 0 Å². The molecule has 0 aromatic carbocycles. The summed E-state index contributed by atoms with van der Waals surface area (Å²) in [4.78, 5) is 53.6. The van der Waals surface area contributed by atoms with Gasteiger partial charge in [-0.25, -0.2) is 0 Å². The van der Waals surface area contributed by atoms with Gasteiger partial charge < -0.3 is 15.4 Å². The smallest absolute Gasteiger partial charge is 0.257 e. The number of rotatable bonds is 15. The summed E-state index contributed by atoms with van der Waals surface area (Å²) in [5.41, 5.74) is -2.19. The van der Waals surface area contributed by atoms with E-state index >= 15 is 0 Å². The molecule has 1 fully saturated rings. The summed E-state index contributed by atoms with van der Waals surface area (Å²) in [6.45, 7) is 36.2. The van der Waals surface area contributed by atoms with Gasteiger partial charge in [-0.05, 0) is 87.9 Å². The average molecular weight is 660 g/mol. The van der Waals surface area contributed by atoms with Crippen LogP contribution >= 0.6 is 0 Å². The van der Waals surface area contributed by atoms with E-state index in [-0.39, 0.29) is 64.3 Å². The first-order valence-corrected chi connectivity index (χ1v) is 17.7. The van der Waals surface area contributed by atoms with Gasteiger partial charge in [0.1, 0.15) is 0 Å². The highest BCUT2D eigenvalue weighted by atomic mass is 16.5. The molecule has 1 aliphatic carbocycles. The van der Waals surface area contributed by atoms with Crippen LogP contribution in [0.3, 0.4) is 0 Å². The van der Waals surface area contributed by atoms with Crippen LogP contribution in [0.2, 0.25) is 0 Å². The highest BCUT2D eigenvalue weighted by molar-refractivity contribution is 6.16. The molecule has 2 unspecified atom stereocenters. The van der Waals surface area contributed by atoms with E-state index in [1.165, 1.54) is 11.0 Å². The Morgan fingerprint density at radius 1 is 0.894 bits per heavy atom. The van der Waals surface area contributed by atoms with Crippen molar-refractivity contribution in [2.45, 2.75) is 161 Å². The molecule has 8 nitrogen and oxygen atoms in total. The summed E-state index contributed by atoms with van der Waals surface area (Å²) in [6.07, 6.45) is 4.16. The maximum atomic E-state index is 13.8. The third-order valence-corrected chi connectivity index (χ3v) is 11.3. The summed E-state index contributed by atoms with van der Waals surface area (Å²) >= 11 is 0. The van der Waals surface area contributed by atoms with Crippen molar-refractivity contribution in [3.05, 3.63) is 11.6 Å². The van der Waals surface area contributed by atoms with E-state index in [1.54, 1.807) is 0 Å². The van der Waals surface area contributed by atoms with Crippen molar-refractivity contribution in [3.63, 3.8) is 0 Å². The van der Waals surface area contributed by atoms with Gasteiger partial charge in [-0.1, -0.05) is 83.1 Å². The van der Waals surface area contributed by atoms with Crippen molar-refractivity contribution < 1.29 is 23.9 Å². The van der Waals surface area contributed by atoms with Crippen molar-refractivity contribution in [1.29, 1.82) is 0 Å². The number of ether oxygens (including phenoxy) is 1. The Kier molecular flexibility index (Phi) is 11.8. The Hall–Kier alpha value is -2.22. The lowest BCUT2D eigenvalue weighted by Crippen LogP contribution is -2.54. The quantitative estimate of drug-likeness (QED) is 0.178. The van der Waals surface area contributed by atoms with Crippen LogP contribution in [0.15, 0.2) is 11.6 Å². The Morgan fingerprint density at radius 2 is 1.45 bits per heavy atom. The molecule has 0 saturated heterocycles. The molecule has 1 aliphatic heterocycles. The fourth-order valence-electron chi connectivity index (χ4n) is 7.75. The first kappa shape index (κ1) is 41.0. The average Bonchev–Trinajstić information content (AvgIpc) is 3.27. The second-order valence-electron chi connectivity index (χ2n) is 19.7. The van der Waals surface area contributed by atoms with Gasteiger partial charge >= 0.3 is 0 Å². The molecule has 2 N–H and O–H groups in total. The fraction of sp³-hybridized carbons (Fsp3) is 0.846. The molecule has 1 heterocycles. The standard InChI is InChI=1S/C39H69N3O5/c1-25(2)28-18-29(43)42(31(28)45)23-33(5,6)21-34(7,8)32(46)41-38(15,16)22-36(11,12)37(13,14)24-47-39(17)20-27(19-35(39,9)10)30(44)40-26(3)4/h18,25-27H,19-24H2,1-17H3,(H,40,44)(H,41,46). The number of carbonyl (C=O) groups is 4. The van der Waals surface area contributed by atoms with Crippen LogP contribution in [0.5, 0.6) is 0 Å². The maximum absolute atomic E-state index is 13.8. The molecule has 0 aromatic rings. The lowest BCUT2D eigenvalue weighted by atomic mass is 9.63. The molecule has 2 aliphatic rings. The summed E-state index contributed by atoms with van der Waals surface area (Å²) < 4.78 is 6.81. The minimum atomic E-state index is -0.731. The number of hydrogen-bond donors (Lipinski definition) is 2. The highest BCUT2D eigenvalue weighted by Crippen LogP contribution is 2.53. The number of nitrogens with one attached hydrogen (secondary N) is 2. The van der Waals surface area contributed by atoms with Crippen LogP contribution in [0.25, 0.3) is 0 Å². The van der Waals surface area contributed by atoms with Crippen LogP contribution in [0.1, 0.15) is 143 Å². The second-order valence-corrected chi connectivity index (χ2v) is 19.7. The Balaban J connectivity index is 2.08. The molecule has 8 heteroatoms. The Labute approximate surface area is 287 Å². The molecule has 270 valence electrons. The van der Waals surface area contributed by atoms with E-state index < -0.39 is 22.0 Å². The van der Waals surface area contributed by atoms with Crippen molar-refractivity contribution in [1.82, 2.24) is 15.5 Å². The number of amides is 4. The first-order chi connectivity index (χ1) is 20.9. The van der Waals surface area contributed by atoms with Crippen LogP contribution in [0.4, 0.5) is 0 Å². The summed E-state index contributed by atoms with van der Waals surface area (Å²) in [5.74, 6) is -0.521. The van der Waals surface area contributed by atoms with Crippen LogP contribution in [-0.2, 0) is 23.9 Å². The molecule has 0 spiro atoms. The number of nitrogens with zero attached hydrogens (tertiary/aromatic N) is 1. The zero-order chi connectivity index (χ0) is 36.8. The van der Waals surface area contributed by atoms with Crippen molar-refractivity contribution in [2.24, 2.45) is 38.9 Å². The van der Waals surface area contributed by atoms with E-state index in [1.807, 2.05) is 55.4 Å². The summed E-state index contributed by atoms with van der Waals surface area (Å²) in [7, 11) is 0. The zero-order valence-electron chi connectivity index (χ0n) is 33.0. The Bertz CT molecular complexity index is 1240. The molecule has 0 radical (unpaired) electrons. The van der Waals surface area contributed by atoms with Gasteiger partial charge in [0, 0.05) is 41.1 Å². The van der Waals surface area contributed by atoms with Gasteiger partial charge in [0.05, 0.1) is 12.2 Å². The molecule has 2 rings (SSSR count). The topological polar surface area (TPSA) is 105 Å². The van der Waals surface area contributed by atoms with Gasteiger partial charge in [-0.3, -0.25) is 24.1 Å². The van der Waals surface area contributed by atoms with Crippen molar-refractivity contribution in [3.8, 4) is 0 Å². The van der Waals surface area contributed by atoms with E-state index in [9.17, 15) is 19.2 Å². The van der Waals surface area contributed by atoms with E-state index in [2.05, 4.69) is 72.9 Å². The van der Waals surface area contributed by atoms with Crippen LogP contribution in [0, 0.1) is 38.9 Å². The fourth-order valence-corrected chi connectivity index (χ4v) is 7.75. The Morgan fingerprint density at radius 3 is 1.94 bits per heavy atom. The van der Waals surface area contributed by atoms with Gasteiger partial charge in [-0.15, -0.1) is 0 Å². The third-order valence-electron chi connectivity index (χ3n) is 11.3. The largest absolute Gasteiger partial charge is 0.374 e. The molecule has 1 saturated carbocycles. The van der Waals surface area contributed by atoms with Crippen LogP contribution < -0.4 is 10.6 Å². The van der Waals surface area contributed by atoms with Gasteiger partial charge in [0.15, 0.2) is 0 Å². The van der Waals surface area contributed by atoms with Crippen LogP contribution in [-0.4, -0.2) is 58.9 Å². The monoisotopic (exact) mass is 660 g/mol. The SMILES string of the molecule is CC(C)NC(=O)C1CC(C)(C)C(C)(OCC(C)(C)C(C)(C)CC(C)(C)NC(=O)C(C)(C)CC(C)(C)CN2C(=O)C=C(C(C)C)C2=O)C1. The maximum Gasteiger partial charge on any atom is 0.257 e. The first-order valence-electron chi connectivity index (χ1n) is 17.7. The minimum absolute atomic E-state index is 0.0161. The number of imide groups is 1. The van der Waals surface area contributed by atoms with E-state index in [0.29, 0.717) is 25.0 Å². The molecular formula is C39H69N3O5. The normalized spacial score (nSPS) is 22.7. The second kappa shape index (κ2) is 13.6. The lowest BCUT2D eigenvalue weighted by molar-refractivity contribution is -0.142. The molecule has 2 atom stereocenters. The summed E-state index contributed by atoms with van der Waals surface area (Å²) in [5, 5.41) is 6.44. The minimum Gasteiger partial charge on any atom is -0.374 e. The zero-order valence-corrected chi connectivity index (χ0v) is 33.0. The van der Waals surface area contributed by atoms with Gasteiger partial charge in [0.25, 0.3) is 11.8 Å². The molecule has 47 heavy (non-hydrogen) atoms. The van der Waals surface area contributed by atoms with E-state index in [0.717, 1.165) is 12.8 Å². The highest BCUT2D eigenvalue weighted by Gasteiger charge is 2.54. The number of hydrogen-bond acceptors (Lipinski definition) is 5. The lowest BCUT2D eigenvalue weighted by Gasteiger charge is -2.49. The molecule has 0 bridgehead atoms. The molecular weight excluding hydrogens is 590 g/mol. The van der Waals surface area contributed by atoms with Crippen molar-refractivity contribution in [2.75, 3.05) is 13.2 Å². The molecule has 0 aromatic heterocycles. The van der Waals surface area contributed by atoms with E-state index in [4.69, 9.17) is 4.74 Å². The summed E-state index contributed by atoms with van der Waals surface area (Å²) in [6, 6.07) is 0.112. The molecule has 4 amide bonds. The third kappa shape index (κ3) is 9.70. The predicted molar refractivity (Wildman–Crippen MR) is 190 cm³/mol. The van der Waals surface area contributed by atoms with Gasteiger partial charge in [0.2, 0.25) is 11.8 Å².